The summed E-state index contributed by atoms with van der Waals surface area (Å²) in [5.74, 6) is -0.826. The van der Waals surface area contributed by atoms with Crippen molar-refractivity contribution in [3.8, 4) is 22.8 Å². The molecule has 0 aliphatic rings. The Labute approximate surface area is 257 Å². The van der Waals surface area contributed by atoms with Gasteiger partial charge in [0.1, 0.15) is 11.6 Å². The Balaban J connectivity index is 1.42. The van der Waals surface area contributed by atoms with E-state index in [0.29, 0.717) is 48.2 Å². The molecule has 1 unspecified atom stereocenters. The van der Waals surface area contributed by atoms with Gasteiger partial charge in [-0.05, 0) is 61.2 Å². The molecule has 2 aromatic heterocycles. The molecule has 0 saturated carbocycles. The van der Waals surface area contributed by atoms with Crippen LogP contribution in [0.15, 0.2) is 85.7 Å². The first kappa shape index (κ1) is 30.2. The number of esters is 1. The van der Waals surface area contributed by atoms with E-state index in [1.165, 1.54) is 24.3 Å². The molecule has 6 nitrogen and oxygen atoms in total. The highest BCUT2D eigenvalue weighted by atomic mass is 79.9. The van der Waals surface area contributed by atoms with Crippen LogP contribution in [-0.4, -0.2) is 26.9 Å². The van der Waals surface area contributed by atoms with Gasteiger partial charge in [-0.1, -0.05) is 46.3 Å². The molecular formula is C34H32BrF2N3O3. The van der Waals surface area contributed by atoms with Crippen molar-refractivity contribution in [3.05, 3.63) is 114 Å². The highest BCUT2D eigenvalue weighted by molar-refractivity contribution is 9.08. The summed E-state index contributed by atoms with van der Waals surface area (Å²) in [4.78, 5) is 11.8. The largest absolute Gasteiger partial charge is 0.466 e. The fourth-order valence-electron chi connectivity index (χ4n) is 5.20. The van der Waals surface area contributed by atoms with Gasteiger partial charge in [-0.25, -0.2) is 8.78 Å². The minimum absolute atomic E-state index is 0.0903. The van der Waals surface area contributed by atoms with E-state index in [-0.39, 0.29) is 23.3 Å². The third-order valence-electron chi connectivity index (χ3n) is 7.34. The van der Waals surface area contributed by atoms with Crippen molar-refractivity contribution in [2.75, 3.05) is 6.61 Å². The monoisotopic (exact) mass is 647 g/mol. The molecule has 0 aliphatic heterocycles. The van der Waals surface area contributed by atoms with E-state index in [0.717, 1.165) is 22.0 Å². The lowest BCUT2D eigenvalue weighted by Gasteiger charge is -2.18. The summed E-state index contributed by atoms with van der Waals surface area (Å²) in [6.45, 7) is 6.06. The summed E-state index contributed by atoms with van der Waals surface area (Å²) in [5, 5.41) is 5.98. The van der Waals surface area contributed by atoms with Crippen LogP contribution in [0.3, 0.4) is 0 Å². The van der Waals surface area contributed by atoms with Crippen LogP contribution in [-0.2, 0) is 28.3 Å². The molecule has 0 fully saturated rings. The molecule has 0 amide bonds. The van der Waals surface area contributed by atoms with Gasteiger partial charge < -0.3 is 14.0 Å². The third kappa shape index (κ3) is 6.57. The highest BCUT2D eigenvalue weighted by Gasteiger charge is 2.20. The first-order valence-corrected chi connectivity index (χ1v) is 15.2. The molecule has 1 atom stereocenters. The van der Waals surface area contributed by atoms with Gasteiger partial charge in [-0.15, -0.1) is 6.58 Å². The average Bonchev–Trinajstić information content (AvgIpc) is 3.63. The maximum absolute atomic E-state index is 15.2. The Hall–Kier alpha value is -4.24. The molecule has 0 aliphatic carbocycles. The van der Waals surface area contributed by atoms with E-state index in [2.05, 4.69) is 22.5 Å². The number of hydrogen-bond donors (Lipinski definition) is 0. The van der Waals surface area contributed by atoms with Crippen LogP contribution in [0.25, 0.3) is 22.2 Å². The maximum atomic E-state index is 15.2. The number of hydrogen-bond acceptors (Lipinski definition) is 4. The second kappa shape index (κ2) is 13.4. The standard InChI is InChI=1S/C34H32BrF2N3O3/c1-4-7-31(23-9-6-8-22(18-23)10-13-33(41)42-5-2)40-17-15-30(38-40)26-19-24(11-12-28(26)36)43-34-27(21-35)25-14-16-39(3)32(25)20-29(34)37/h4,6,8-9,11-12,14-20,31H,1,5,7,10,13,21H2,2-3H3. The quantitative estimate of drug-likeness (QED) is 0.0772. The second-order valence-corrected chi connectivity index (χ2v) is 10.7. The molecule has 222 valence electrons. The summed E-state index contributed by atoms with van der Waals surface area (Å²) in [7, 11) is 1.86. The third-order valence-corrected chi connectivity index (χ3v) is 7.90. The zero-order valence-corrected chi connectivity index (χ0v) is 25.6. The van der Waals surface area contributed by atoms with Crippen molar-refractivity contribution >= 4 is 32.8 Å². The van der Waals surface area contributed by atoms with Crippen molar-refractivity contribution in [3.63, 3.8) is 0 Å². The Morgan fingerprint density at radius 1 is 1.09 bits per heavy atom. The lowest BCUT2D eigenvalue weighted by molar-refractivity contribution is -0.143. The molecule has 5 aromatic rings. The van der Waals surface area contributed by atoms with E-state index in [1.807, 2.05) is 54.2 Å². The number of halogens is 3. The van der Waals surface area contributed by atoms with Crippen molar-refractivity contribution < 1.29 is 23.0 Å². The summed E-state index contributed by atoms with van der Waals surface area (Å²) in [5.41, 5.74) is 4.06. The summed E-state index contributed by atoms with van der Waals surface area (Å²) in [6.07, 6.45) is 6.92. The number of fused-ring (bicyclic) bond motifs is 1. The minimum atomic E-state index is -0.504. The number of alkyl halides is 1. The number of carbonyl (C=O) groups is 1. The number of rotatable bonds is 12. The van der Waals surface area contributed by atoms with Gasteiger partial charge in [-0.2, -0.15) is 5.10 Å². The zero-order chi connectivity index (χ0) is 30.5. The predicted molar refractivity (Wildman–Crippen MR) is 168 cm³/mol. The molecule has 9 heteroatoms. The van der Waals surface area contributed by atoms with Crippen LogP contribution >= 0.6 is 15.9 Å². The van der Waals surface area contributed by atoms with E-state index in [9.17, 15) is 4.79 Å². The molecule has 0 spiro atoms. The molecule has 2 heterocycles. The molecule has 0 N–H and O–H groups in total. The Morgan fingerprint density at radius 3 is 2.70 bits per heavy atom. The second-order valence-electron chi connectivity index (χ2n) is 10.2. The van der Waals surface area contributed by atoms with Crippen molar-refractivity contribution in [1.29, 1.82) is 0 Å². The lowest BCUT2D eigenvalue weighted by atomic mass is 9.99. The summed E-state index contributed by atoms with van der Waals surface area (Å²) < 4.78 is 45.0. The van der Waals surface area contributed by atoms with Gasteiger partial charge in [0.25, 0.3) is 0 Å². The Bertz CT molecular complexity index is 1780. The van der Waals surface area contributed by atoms with Gasteiger partial charge in [0.05, 0.1) is 23.9 Å². The van der Waals surface area contributed by atoms with Gasteiger partial charge in [0.15, 0.2) is 11.6 Å². The number of allylic oxidation sites excluding steroid dienone is 1. The molecule has 0 bridgehead atoms. The van der Waals surface area contributed by atoms with Crippen LogP contribution in [0.1, 0.15) is 42.5 Å². The molecule has 43 heavy (non-hydrogen) atoms. The zero-order valence-electron chi connectivity index (χ0n) is 24.0. The van der Waals surface area contributed by atoms with Crippen molar-refractivity contribution in [1.82, 2.24) is 14.3 Å². The number of nitrogens with zero attached hydrogens (tertiary/aromatic N) is 3. The smallest absolute Gasteiger partial charge is 0.306 e. The summed E-state index contributed by atoms with van der Waals surface area (Å²) in [6, 6.07) is 17.2. The van der Waals surface area contributed by atoms with E-state index in [4.69, 9.17) is 14.6 Å². The topological polar surface area (TPSA) is 58.3 Å². The first-order valence-electron chi connectivity index (χ1n) is 14.0. The normalized spacial score (nSPS) is 11.9. The van der Waals surface area contributed by atoms with Gasteiger partial charge in [-0.3, -0.25) is 9.48 Å². The van der Waals surface area contributed by atoms with Gasteiger partial charge >= 0.3 is 5.97 Å². The molecule has 5 rings (SSSR count). The first-order chi connectivity index (χ1) is 20.8. The van der Waals surface area contributed by atoms with Gasteiger partial charge in [0.2, 0.25) is 0 Å². The number of ether oxygens (including phenoxy) is 2. The number of carbonyl (C=O) groups excluding carboxylic acids is 1. The highest BCUT2D eigenvalue weighted by Crippen LogP contribution is 2.38. The molecule has 0 radical (unpaired) electrons. The van der Waals surface area contributed by atoms with E-state index in [1.54, 1.807) is 23.9 Å². The van der Waals surface area contributed by atoms with Gasteiger partial charge in [0, 0.05) is 53.8 Å². The van der Waals surface area contributed by atoms with Crippen molar-refractivity contribution in [2.45, 2.75) is 37.6 Å². The molecule has 3 aromatic carbocycles. The van der Waals surface area contributed by atoms with E-state index >= 15 is 8.78 Å². The minimum Gasteiger partial charge on any atom is -0.466 e. The van der Waals surface area contributed by atoms with Crippen LogP contribution in [0, 0.1) is 11.6 Å². The SMILES string of the molecule is C=CCC(c1cccc(CCC(=O)OCC)c1)n1ccc(-c2cc(Oc3c(F)cc4c(ccn4C)c3CBr)ccc2F)n1. The average molecular weight is 649 g/mol. The predicted octanol–water partition coefficient (Wildman–Crippen LogP) is 8.67. The Kier molecular flexibility index (Phi) is 9.40. The number of aryl methyl sites for hydroxylation is 2. The van der Waals surface area contributed by atoms with E-state index < -0.39 is 11.6 Å². The van der Waals surface area contributed by atoms with Crippen LogP contribution < -0.4 is 4.74 Å². The molecular weight excluding hydrogens is 616 g/mol. The Morgan fingerprint density at radius 2 is 1.93 bits per heavy atom. The molecule has 0 saturated heterocycles. The summed E-state index contributed by atoms with van der Waals surface area (Å²) >= 11 is 3.47. The number of benzene rings is 3. The fourth-order valence-corrected chi connectivity index (χ4v) is 5.76. The van der Waals surface area contributed by atoms with Crippen molar-refractivity contribution in [2.24, 2.45) is 7.05 Å². The van der Waals surface area contributed by atoms with Crippen LogP contribution in [0.2, 0.25) is 0 Å². The van der Waals surface area contributed by atoms with Crippen LogP contribution in [0.4, 0.5) is 8.78 Å². The maximum Gasteiger partial charge on any atom is 0.306 e. The lowest BCUT2D eigenvalue weighted by Crippen LogP contribution is -2.11. The number of aromatic nitrogens is 3. The fraction of sp³-hybridized carbons (Fsp3) is 0.235. The van der Waals surface area contributed by atoms with Crippen LogP contribution in [0.5, 0.6) is 11.5 Å².